The van der Waals surface area contributed by atoms with Crippen molar-refractivity contribution in [1.29, 1.82) is 0 Å². The quantitative estimate of drug-likeness (QED) is 0.225. The van der Waals surface area contributed by atoms with Crippen molar-refractivity contribution in [2.75, 3.05) is 25.9 Å². The Kier molecular flexibility index (Phi) is 9.36. The summed E-state index contributed by atoms with van der Waals surface area (Å²) in [6.45, 7) is 6.39. The summed E-state index contributed by atoms with van der Waals surface area (Å²) in [4.78, 5) is 8.39. The van der Waals surface area contributed by atoms with Crippen molar-refractivity contribution in [1.82, 2.24) is 15.6 Å². The standard InChI is InChI=1S/C23H30N4O2S.HI/c1-4-24-23(25-14-12-18-8-10-20(11-9-18)30(3,28)29)26-15-13-19-16-27-21-7-5-6-17(2)22(19)21;/h5-11,16,27H,4,12-15H2,1-3H3,(H2,24,25,26);1H. The number of fused-ring (bicyclic) bond motifs is 1. The number of benzene rings is 2. The Morgan fingerprint density at radius 2 is 1.81 bits per heavy atom. The first kappa shape index (κ1) is 25.2. The molecule has 0 fully saturated rings. The zero-order chi connectivity index (χ0) is 21.6. The van der Waals surface area contributed by atoms with Gasteiger partial charge in [0.05, 0.1) is 4.90 Å². The second-order valence-electron chi connectivity index (χ2n) is 7.41. The second-order valence-corrected chi connectivity index (χ2v) is 9.43. The number of aromatic amines is 1. The molecule has 2 aromatic carbocycles. The summed E-state index contributed by atoms with van der Waals surface area (Å²) in [5.74, 6) is 0.793. The molecule has 3 N–H and O–H groups in total. The molecule has 6 nitrogen and oxygen atoms in total. The van der Waals surface area contributed by atoms with Crippen LogP contribution in [0.5, 0.6) is 0 Å². The predicted molar refractivity (Wildman–Crippen MR) is 139 cm³/mol. The van der Waals surface area contributed by atoms with Gasteiger partial charge in [-0.1, -0.05) is 24.3 Å². The van der Waals surface area contributed by atoms with Gasteiger partial charge in [0.1, 0.15) is 0 Å². The summed E-state index contributed by atoms with van der Waals surface area (Å²) >= 11 is 0. The van der Waals surface area contributed by atoms with Crippen molar-refractivity contribution in [3.8, 4) is 0 Å². The van der Waals surface area contributed by atoms with Crippen LogP contribution in [0, 0.1) is 6.92 Å². The monoisotopic (exact) mass is 554 g/mol. The van der Waals surface area contributed by atoms with Gasteiger partial charge in [-0.3, -0.25) is 4.99 Å². The van der Waals surface area contributed by atoms with E-state index in [1.54, 1.807) is 12.1 Å². The number of aryl methyl sites for hydroxylation is 1. The van der Waals surface area contributed by atoms with Crippen LogP contribution in [0.25, 0.3) is 10.9 Å². The third-order valence-electron chi connectivity index (χ3n) is 5.05. The number of sulfone groups is 1. The fourth-order valence-corrected chi connectivity index (χ4v) is 4.14. The second kappa shape index (κ2) is 11.5. The summed E-state index contributed by atoms with van der Waals surface area (Å²) in [6.07, 6.45) is 4.96. The van der Waals surface area contributed by atoms with E-state index in [1.165, 1.54) is 28.3 Å². The number of hydrogen-bond donors (Lipinski definition) is 3. The van der Waals surface area contributed by atoms with Crippen molar-refractivity contribution in [2.45, 2.75) is 31.6 Å². The van der Waals surface area contributed by atoms with Crippen LogP contribution in [0.2, 0.25) is 0 Å². The number of H-pyrrole nitrogens is 1. The zero-order valence-electron chi connectivity index (χ0n) is 18.2. The molecule has 0 saturated carbocycles. The lowest BCUT2D eigenvalue weighted by atomic mass is 10.1. The summed E-state index contributed by atoms with van der Waals surface area (Å²) < 4.78 is 23.1. The molecule has 8 heteroatoms. The van der Waals surface area contributed by atoms with Gasteiger partial charge in [0, 0.05) is 43.0 Å². The minimum absolute atomic E-state index is 0. The molecule has 168 valence electrons. The van der Waals surface area contributed by atoms with Crippen LogP contribution in [0.1, 0.15) is 23.6 Å². The van der Waals surface area contributed by atoms with Gasteiger partial charge in [-0.05, 0) is 61.6 Å². The van der Waals surface area contributed by atoms with E-state index in [-0.39, 0.29) is 24.0 Å². The minimum atomic E-state index is -3.15. The van der Waals surface area contributed by atoms with Gasteiger partial charge in [-0.25, -0.2) is 8.42 Å². The molecule has 0 bridgehead atoms. The average Bonchev–Trinajstić information content (AvgIpc) is 3.12. The van der Waals surface area contributed by atoms with Crippen LogP contribution >= 0.6 is 24.0 Å². The van der Waals surface area contributed by atoms with Crippen LogP contribution in [0.4, 0.5) is 0 Å². The third-order valence-corrected chi connectivity index (χ3v) is 6.18. The molecular formula is C23H31IN4O2S. The zero-order valence-corrected chi connectivity index (χ0v) is 21.4. The molecule has 0 aliphatic rings. The molecule has 0 unspecified atom stereocenters. The maximum Gasteiger partial charge on any atom is 0.191 e. The lowest BCUT2D eigenvalue weighted by Gasteiger charge is -2.11. The number of nitrogens with one attached hydrogen (secondary N) is 3. The van der Waals surface area contributed by atoms with Crippen LogP contribution < -0.4 is 10.6 Å². The van der Waals surface area contributed by atoms with Crippen LogP contribution in [0.3, 0.4) is 0 Å². The highest BCUT2D eigenvalue weighted by Gasteiger charge is 2.07. The fourth-order valence-electron chi connectivity index (χ4n) is 3.51. The number of rotatable bonds is 8. The van der Waals surface area contributed by atoms with E-state index in [4.69, 9.17) is 4.99 Å². The summed E-state index contributed by atoms with van der Waals surface area (Å²) in [5.41, 5.74) is 4.81. The van der Waals surface area contributed by atoms with Crippen molar-refractivity contribution >= 4 is 50.7 Å². The lowest BCUT2D eigenvalue weighted by molar-refractivity contribution is 0.602. The molecule has 0 amide bonds. The van der Waals surface area contributed by atoms with Gasteiger partial charge in [0.25, 0.3) is 0 Å². The van der Waals surface area contributed by atoms with Crippen molar-refractivity contribution in [2.24, 2.45) is 4.99 Å². The van der Waals surface area contributed by atoms with Gasteiger partial charge in [-0.15, -0.1) is 24.0 Å². The molecule has 1 aromatic heterocycles. The largest absolute Gasteiger partial charge is 0.361 e. The van der Waals surface area contributed by atoms with Crippen molar-refractivity contribution in [3.05, 3.63) is 65.4 Å². The number of guanidine groups is 1. The fraction of sp³-hybridized carbons (Fsp3) is 0.348. The van der Waals surface area contributed by atoms with Crippen LogP contribution in [-0.2, 0) is 22.7 Å². The first-order chi connectivity index (χ1) is 14.4. The topological polar surface area (TPSA) is 86.3 Å². The highest BCUT2D eigenvalue weighted by atomic mass is 127. The number of halogens is 1. The molecule has 3 aromatic rings. The van der Waals surface area contributed by atoms with Gasteiger partial charge in [0.15, 0.2) is 15.8 Å². The average molecular weight is 554 g/mol. The summed E-state index contributed by atoms with van der Waals surface area (Å²) in [6, 6.07) is 13.3. The number of aromatic nitrogens is 1. The lowest BCUT2D eigenvalue weighted by Crippen LogP contribution is -2.38. The van der Waals surface area contributed by atoms with Crippen molar-refractivity contribution < 1.29 is 8.42 Å². The van der Waals surface area contributed by atoms with Gasteiger partial charge in [-0.2, -0.15) is 0 Å². The van der Waals surface area contributed by atoms with Crippen molar-refractivity contribution in [3.63, 3.8) is 0 Å². The van der Waals surface area contributed by atoms with Crippen LogP contribution in [0.15, 0.2) is 58.5 Å². The molecule has 0 spiro atoms. The number of hydrogen-bond acceptors (Lipinski definition) is 3. The van der Waals surface area contributed by atoms with E-state index < -0.39 is 9.84 Å². The van der Waals surface area contributed by atoms with E-state index in [9.17, 15) is 8.42 Å². The molecule has 3 rings (SSSR count). The first-order valence-corrected chi connectivity index (χ1v) is 12.1. The van der Waals surface area contributed by atoms with E-state index in [2.05, 4.69) is 46.9 Å². The third kappa shape index (κ3) is 6.96. The maximum atomic E-state index is 11.6. The van der Waals surface area contributed by atoms with Gasteiger partial charge >= 0.3 is 0 Å². The molecule has 0 radical (unpaired) electrons. The van der Waals surface area contributed by atoms with Gasteiger partial charge in [0.2, 0.25) is 0 Å². The molecule has 0 saturated heterocycles. The SMILES string of the molecule is CCNC(=NCCc1c[nH]c2cccc(C)c12)NCCc1ccc(S(C)(=O)=O)cc1.I. The Balaban J connectivity index is 0.00000341. The molecule has 1 heterocycles. The van der Waals surface area contributed by atoms with E-state index in [0.717, 1.165) is 37.5 Å². The Hall–Kier alpha value is -2.07. The molecular weight excluding hydrogens is 523 g/mol. The summed E-state index contributed by atoms with van der Waals surface area (Å²) in [5, 5.41) is 7.93. The highest BCUT2D eigenvalue weighted by molar-refractivity contribution is 14.0. The molecule has 0 aliphatic carbocycles. The Bertz CT molecular complexity index is 1120. The first-order valence-electron chi connectivity index (χ1n) is 10.2. The number of aliphatic imine (C=N–C) groups is 1. The Morgan fingerprint density at radius 3 is 2.48 bits per heavy atom. The predicted octanol–water partition coefficient (Wildman–Crippen LogP) is 3.84. The summed E-state index contributed by atoms with van der Waals surface area (Å²) in [7, 11) is -3.15. The number of nitrogens with zero attached hydrogens (tertiary/aromatic N) is 1. The van der Waals surface area contributed by atoms with Gasteiger partial charge < -0.3 is 15.6 Å². The van der Waals surface area contributed by atoms with E-state index in [0.29, 0.717) is 11.4 Å². The minimum Gasteiger partial charge on any atom is -0.361 e. The van der Waals surface area contributed by atoms with E-state index in [1.807, 2.05) is 19.1 Å². The highest BCUT2D eigenvalue weighted by Crippen LogP contribution is 2.22. The molecule has 31 heavy (non-hydrogen) atoms. The smallest absolute Gasteiger partial charge is 0.191 e. The normalized spacial score (nSPS) is 11.9. The molecule has 0 atom stereocenters. The van der Waals surface area contributed by atoms with Crippen LogP contribution in [-0.4, -0.2) is 45.3 Å². The maximum absolute atomic E-state index is 11.6. The molecule has 0 aliphatic heterocycles. The van der Waals surface area contributed by atoms with E-state index >= 15 is 0 Å². The Morgan fingerprint density at radius 1 is 1.06 bits per heavy atom. The Labute approximate surface area is 201 Å².